The summed E-state index contributed by atoms with van der Waals surface area (Å²) in [5, 5.41) is 28.5. The first-order chi connectivity index (χ1) is 15.8. The molecule has 8 heteroatoms. The molecule has 0 spiro atoms. The van der Waals surface area contributed by atoms with Crippen LogP contribution in [0.1, 0.15) is 37.4 Å². The van der Waals surface area contributed by atoms with E-state index in [1.165, 1.54) is 29.5 Å². The number of benzene rings is 3. The van der Waals surface area contributed by atoms with Gasteiger partial charge < -0.3 is 10.2 Å². The van der Waals surface area contributed by atoms with Gasteiger partial charge in [-0.05, 0) is 49.2 Å². The summed E-state index contributed by atoms with van der Waals surface area (Å²) in [6.45, 7) is 3.68. The van der Waals surface area contributed by atoms with Gasteiger partial charge in [0.15, 0.2) is 11.0 Å². The summed E-state index contributed by atoms with van der Waals surface area (Å²) >= 11 is 1.50. The first-order valence-corrected chi connectivity index (χ1v) is 11.1. The van der Waals surface area contributed by atoms with Gasteiger partial charge in [0, 0.05) is 17.0 Å². The van der Waals surface area contributed by atoms with E-state index in [-0.39, 0.29) is 11.1 Å². The van der Waals surface area contributed by atoms with E-state index in [0.29, 0.717) is 27.9 Å². The summed E-state index contributed by atoms with van der Waals surface area (Å²) < 4.78 is 1.83. The van der Waals surface area contributed by atoms with E-state index in [1.54, 1.807) is 6.92 Å². The summed E-state index contributed by atoms with van der Waals surface area (Å²) in [7, 11) is 0. The van der Waals surface area contributed by atoms with Gasteiger partial charge in [-0.3, -0.25) is 4.57 Å². The van der Waals surface area contributed by atoms with Crippen molar-refractivity contribution in [1.29, 1.82) is 0 Å². The molecule has 0 amide bonds. The molecule has 0 fully saturated rings. The molecule has 2 N–H and O–H groups in total. The molecular formula is C25H21N3O4S. The van der Waals surface area contributed by atoms with Gasteiger partial charge in [-0.2, -0.15) is 0 Å². The Morgan fingerprint density at radius 3 is 2.24 bits per heavy atom. The number of carbonyl (C=O) groups is 2. The van der Waals surface area contributed by atoms with Gasteiger partial charge in [-0.15, -0.1) is 10.2 Å². The molecule has 0 bridgehead atoms. The summed E-state index contributed by atoms with van der Waals surface area (Å²) in [4.78, 5) is 23.5. The zero-order valence-electron chi connectivity index (χ0n) is 18.0. The van der Waals surface area contributed by atoms with E-state index in [0.717, 1.165) is 11.3 Å². The maximum atomic E-state index is 11.8. The fourth-order valence-electron chi connectivity index (χ4n) is 3.47. The SMILES string of the molecule is Cc1ccc(CSc2nnc(-c3cc(C(=O)O)cc(C(=O)O)c3C)n2-c2ccccc2)cc1. The molecule has 0 unspecified atom stereocenters. The van der Waals surface area contributed by atoms with Crippen LogP contribution in [0.5, 0.6) is 0 Å². The Hall–Kier alpha value is -3.91. The number of carboxylic acid groups (broad SMARTS) is 2. The lowest BCUT2D eigenvalue weighted by atomic mass is 9.98. The van der Waals surface area contributed by atoms with Crippen molar-refractivity contribution in [2.45, 2.75) is 24.8 Å². The highest BCUT2D eigenvalue weighted by molar-refractivity contribution is 7.98. The minimum absolute atomic E-state index is 0.0821. The molecule has 0 aliphatic rings. The second-order valence-corrected chi connectivity index (χ2v) is 8.50. The predicted octanol–water partition coefficient (Wildman–Crippen LogP) is 5.24. The average Bonchev–Trinajstić information content (AvgIpc) is 3.22. The third kappa shape index (κ3) is 4.65. The number of nitrogens with zero attached hydrogens (tertiary/aromatic N) is 3. The zero-order chi connectivity index (χ0) is 23.5. The predicted molar refractivity (Wildman–Crippen MR) is 126 cm³/mol. The van der Waals surface area contributed by atoms with Gasteiger partial charge in [-0.1, -0.05) is 59.8 Å². The second kappa shape index (κ2) is 9.30. The van der Waals surface area contributed by atoms with Gasteiger partial charge in [0.2, 0.25) is 0 Å². The van der Waals surface area contributed by atoms with Crippen LogP contribution < -0.4 is 0 Å². The molecule has 3 aromatic carbocycles. The summed E-state index contributed by atoms with van der Waals surface area (Å²) in [6.07, 6.45) is 0. The van der Waals surface area contributed by atoms with Crippen LogP contribution >= 0.6 is 11.8 Å². The monoisotopic (exact) mass is 459 g/mol. The molecule has 0 saturated carbocycles. The largest absolute Gasteiger partial charge is 0.478 e. The Bertz CT molecular complexity index is 1330. The Balaban J connectivity index is 1.85. The highest BCUT2D eigenvalue weighted by Crippen LogP contribution is 2.33. The molecule has 7 nitrogen and oxygen atoms in total. The zero-order valence-corrected chi connectivity index (χ0v) is 18.8. The normalized spacial score (nSPS) is 10.8. The number of hydrogen-bond acceptors (Lipinski definition) is 5. The summed E-state index contributed by atoms with van der Waals surface area (Å²) in [6, 6.07) is 20.3. The molecule has 0 atom stereocenters. The molecule has 0 radical (unpaired) electrons. The highest BCUT2D eigenvalue weighted by atomic mass is 32.2. The van der Waals surface area contributed by atoms with E-state index in [9.17, 15) is 19.8 Å². The standard InChI is InChI=1S/C25H21N3O4S/c1-15-8-10-17(11-9-15)14-33-25-27-26-22(28(25)19-6-4-3-5-7-19)20-12-18(23(29)30)13-21(16(20)2)24(31)32/h3-13H,14H2,1-2H3,(H,29,30)(H,31,32). The maximum absolute atomic E-state index is 11.8. The number of thioether (sulfide) groups is 1. The second-order valence-electron chi connectivity index (χ2n) is 7.56. The number of rotatable bonds is 7. The first kappa shape index (κ1) is 22.3. The van der Waals surface area contributed by atoms with Crippen molar-refractivity contribution in [2.24, 2.45) is 0 Å². The topological polar surface area (TPSA) is 105 Å². The lowest BCUT2D eigenvalue weighted by molar-refractivity contribution is 0.0695. The Kier molecular flexibility index (Phi) is 6.28. The molecule has 33 heavy (non-hydrogen) atoms. The Morgan fingerprint density at radius 2 is 1.61 bits per heavy atom. The van der Waals surface area contributed by atoms with Gasteiger partial charge in [0.25, 0.3) is 0 Å². The van der Waals surface area contributed by atoms with Crippen LogP contribution in [0.4, 0.5) is 0 Å². The molecule has 1 heterocycles. The fraction of sp³-hybridized carbons (Fsp3) is 0.120. The van der Waals surface area contributed by atoms with Gasteiger partial charge in [0.1, 0.15) is 0 Å². The average molecular weight is 460 g/mol. The van der Waals surface area contributed by atoms with Crippen LogP contribution in [0.3, 0.4) is 0 Å². The third-order valence-corrected chi connectivity index (χ3v) is 6.26. The fourth-order valence-corrected chi connectivity index (χ4v) is 4.38. The molecule has 1 aromatic heterocycles. The number of hydrogen-bond donors (Lipinski definition) is 2. The minimum atomic E-state index is -1.21. The number of carboxylic acids is 2. The van der Waals surface area contributed by atoms with Crippen molar-refractivity contribution < 1.29 is 19.8 Å². The van der Waals surface area contributed by atoms with Gasteiger partial charge in [-0.25, -0.2) is 9.59 Å². The molecule has 4 aromatic rings. The van der Waals surface area contributed by atoms with Crippen LogP contribution in [0.15, 0.2) is 71.9 Å². The van der Waals surface area contributed by atoms with Gasteiger partial charge >= 0.3 is 11.9 Å². The van der Waals surface area contributed by atoms with E-state index in [2.05, 4.69) is 34.5 Å². The number of aryl methyl sites for hydroxylation is 1. The van der Waals surface area contributed by atoms with Crippen LogP contribution in [0.25, 0.3) is 17.1 Å². The van der Waals surface area contributed by atoms with Crippen molar-refractivity contribution in [3.05, 3.63) is 94.5 Å². The molecule has 166 valence electrons. The maximum Gasteiger partial charge on any atom is 0.336 e. The molecule has 0 aliphatic heterocycles. The van der Waals surface area contributed by atoms with Gasteiger partial charge in [0.05, 0.1) is 11.1 Å². The van der Waals surface area contributed by atoms with Crippen LogP contribution in [0.2, 0.25) is 0 Å². The Labute approximate surface area is 194 Å². The van der Waals surface area contributed by atoms with Crippen molar-refractivity contribution >= 4 is 23.7 Å². The van der Waals surface area contributed by atoms with E-state index in [4.69, 9.17) is 0 Å². The van der Waals surface area contributed by atoms with Crippen molar-refractivity contribution in [1.82, 2.24) is 14.8 Å². The summed E-state index contributed by atoms with van der Waals surface area (Å²) in [5.41, 5.74) is 3.73. The lowest BCUT2D eigenvalue weighted by Crippen LogP contribution is -2.08. The van der Waals surface area contributed by atoms with Crippen molar-refractivity contribution in [3.8, 4) is 17.1 Å². The number of aromatic carboxylic acids is 2. The van der Waals surface area contributed by atoms with Crippen molar-refractivity contribution in [2.75, 3.05) is 0 Å². The first-order valence-electron chi connectivity index (χ1n) is 10.2. The molecule has 0 aliphatic carbocycles. The molecule has 0 saturated heterocycles. The quantitative estimate of drug-likeness (QED) is 0.364. The smallest absolute Gasteiger partial charge is 0.336 e. The number of para-hydroxylation sites is 1. The highest BCUT2D eigenvalue weighted by Gasteiger charge is 2.23. The van der Waals surface area contributed by atoms with Crippen LogP contribution in [-0.4, -0.2) is 36.9 Å². The minimum Gasteiger partial charge on any atom is -0.478 e. The number of aromatic nitrogens is 3. The van der Waals surface area contributed by atoms with E-state index < -0.39 is 11.9 Å². The summed E-state index contributed by atoms with van der Waals surface area (Å²) in [5.74, 6) is -1.36. The Morgan fingerprint density at radius 1 is 0.909 bits per heavy atom. The molecule has 4 rings (SSSR count). The van der Waals surface area contributed by atoms with Crippen LogP contribution in [0, 0.1) is 13.8 Å². The lowest BCUT2D eigenvalue weighted by Gasteiger charge is -2.14. The van der Waals surface area contributed by atoms with E-state index >= 15 is 0 Å². The third-order valence-electron chi connectivity index (χ3n) is 5.26. The molecular weight excluding hydrogens is 438 g/mol. The van der Waals surface area contributed by atoms with Crippen LogP contribution in [-0.2, 0) is 5.75 Å². The van der Waals surface area contributed by atoms with E-state index in [1.807, 2.05) is 41.8 Å². The van der Waals surface area contributed by atoms with Crippen molar-refractivity contribution in [3.63, 3.8) is 0 Å².